The maximum absolute atomic E-state index is 2.46. The van der Waals surface area contributed by atoms with Crippen LogP contribution in [0, 0.1) is 0 Å². The van der Waals surface area contributed by atoms with Gasteiger partial charge in [-0.1, -0.05) is 135 Å². The van der Waals surface area contributed by atoms with Crippen LogP contribution in [0.25, 0.3) is 10.8 Å². The van der Waals surface area contributed by atoms with Crippen LogP contribution >= 0.6 is 15.8 Å². The van der Waals surface area contributed by atoms with Gasteiger partial charge >= 0.3 is 0 Å². The van der Waals surface area contributed by atoms with Gasteiger partial charge in [0.15, 0.2) is 0 Å². The lowest BCUT2D eigenvalue weighted by Gasteiger charge is -2.44. The minimum atomic E-state index is -0.182. The van der Waals surface area contributed by atoms with Gasteiger partial charge in [-0.25, -0.2) is 0 Å². The smallest absolute Gasteiger partial charge is 0.00547 e. The summed E-state index contributed by atoms with van der Waals surface area (Å²) in [6.45, 7) is 29.4. The summed E-state index contributed by atoms with van der Waals surface area (Å²) in [6.07, 6.45) is 2.44. The zero-order valence-corrected chi connectivity index (χ0v) is 23.6. The minimum absolute atomic E-state index is 0.165. The van der Waals surface area contributed by atoms with Crippen molar-refractivity contribution < 1.29 is 0 Å². The fourth-order valence-electron chi connectivity index (χ4n) is 5.01. The average molecular weight is 445 g/mol. The standard InChI is InChI=1S/C28H46P2/c1-25(2,3)29(26(4,5)6)19-22-18-17-21-15-13-14-16-23(21)24(22)20-30(27(7,8)9)28(10,11)12/h13-18H,19-20H2,1-12H3. The van der Waals surface area contributed by atoms with E-state index in [1.54, 1.807) is 11.1 Å². The summed E-state index contributed by atoms with van der Waals surface area (Å²) in [5.41, 5.74) is 3.23. The molecule has 0 amide bonds. The van der Waals surface area contributed by atoms with E-state index in [1.807, 2.05) is 0 Å². The van der Waals surface area contributed by atoms with Gasteiger partial charge in [0.05, 0.1) is 0 Å². The van der Waals surface area contributed by atoms with Gasteiger partial charge in [0, 0.05) is 0 Å². The Balaban J connectivity index is 2.67. The van der Waals surface area contributed by atoms with Crippen molar-refractivity contribution in [2.45, 2.75) is 116 Å². The molecule has 0 bridgehead atoms. The van der Waals surface area contributed by atoms with E-state index in [2.05, 4.69) is 119 Å². The molecular weight excluding hydrogens is 398 g/mol. The van der Waals surface area contributed by atoms with E-state index in [0.717, 1.165) is 0 Å². The summed E-state index contributed by atoms with van der Waals surface area (Å²) >= 11 is 0. The Labute approximate surface area is 190 Å². The second kappa shape index (κ2) is 8.83. The molecule has 0 nitrogen and oxygen atoms in total. The lowest BCUT2D eigenvalue weighted by atomic mass is 10.0. The Morgan fingerprint density at radius 1 is 0.533 bits per heavy atom. The summed E-state index contributed by atoms with van der Waals surface area (Å²) in [5.74, 6) is 0. The fourth-order valence-corrected chi connectivity index (χ4v) is 12.3. The molecule has 0 saturated heterocycles. The van der Waals surface area contributed by atoms with E-state index < -0.39 is 0 Å². The van der Waals surface area contributed by atoms with E-state index >= 15 is 0 Å². The van der Waals surface area contributed by atoms with Gasteiger partial charge in [0.1, 0.15) is 0 Å². The number of hydrogen-bond donors (Lipinski definition) is 0. The molecule has 0 aliphatic carbocycles. The first-order valence-corrected chi connectivity index (χ1v) is 14.5. The molecule has 0 N–H and O–H groups in total. The van der Waals surface area contributed by atoms with Gasteiger partial charge < -0.3 is 0 Å². The molecule has 0 fully saturated rings. The first-order chi connectivity index (χ1) is 13.4. The SMILES string of the molecule is CC(C)(C)P(Cc1ccc2ccccc2c1CP(C(C)(C)C)C(C)(C)C)C(C)(C)C. The summed E-state index contributed by atoms with van der Waals surface area (Å²) in [4.78, 5) is 0. The zero-order chi connectivity index (χ0) is 23.1. The predicted molar refractivity (Wildman–Crippen MR) is 144 cm³/mol. The molecule has 2 heteroatoms. The second-order valence-electron chi connectivity index (χ2n) is 12.8. The lowest BCUT2D eigenvalue weighted by molar-refractivity contribution is 0.699. The molecule has 2 aromatic rings. The van der Waals surface area contributed by atoms with Gasteiger partial charge in [-0.3, -0.25) is 0 Å². The third-order valence-electron chi connectivity index (χ3n) is 6.02. The first-order valence-electron chi connectivity index (χ1n) is 11.5. The normalized spacial score (nSPS) is 14.2. The highest BCUT2D eigenvalue weighted by atomic mass is 31.1. The average Bonchev–Trinajstić information content (AvgIpc) is 2.53. The van der Waals surface area contributed by atoms with E-state index in [1.165, 1.54) is 23.1 Å². The van der Waals surface area contributed by atoms with E-state index in [4.69, 9.17) is 0 Å². The Bertz CT molecular complexity index is 823. The van der Waals surface area contributed by atoms with Crippen LogP contribution in [0.5, 0.6) is 0 Å². The quantitative estimate of drug-likeness (QED) is 0.412. The topological polar surface area (TPSA) is 0 Å². The minimum Gasteiger partial charge on any atom is -0.0911 e. The maximum atomic E-state index is 2.46. The number of rotatable bonds is 4. The van der Waals surface area contributed by atoms with Crippen LogP contribution in [-0.4, -0.2) is 20.6 Å². The molecule has 0 atom stereocenters. The van der Waals surface area contributed by atoms with Gasteiger partial charge in [0.2, 0.25) is 0 Å². The number of fused-ring (bicyclic) bond motifs is 1. The summed E-state index contributed by atoms with van der Waals surface area (Å²) in [5, 5.41) is 4.23. The Morgan fingerprint density at radius 2 is 0.967 bits per heavy atom. The predicted octanol–water partition coefficient (Wildman–Crippen LogP) is 10.00. The molecule has 0 aliphatic heterocycles. The van der Waals surface area contributed by atoms with Gasteiger partial charge in [-0.15, -0.1) is 0 Å². The van der Waals surface area contributed by atoms with E-state index in [9.17, 15) is 0 Å². The molecule has 0 aromatic heterocycles. The van der Waals surface area contributed by atoms with Crippen LogP contribution < -0.4 is 0 Å². The lowest BCUT2D eigenvalue weighted by Crippen LogP contribution is -2.27. The van der Waals surface area contributed by atoms with E-state index in [0.29, 0.717) is 20.6 Å². The van der Waals surface area contributed by atoms with Crippen molar-refractivity contribution in [1.29, 1.82) is 0 Å². The first kappa shape index (κ1) is 25.8. The molecule has 2 rings (SSSR count). The molecule has 168 valence electrons. The molecular formula is C28H46P2. The van der Waals surface area contributed by atoms with Gasteiger partial charge in [0.25, 0.3) is 0 Å². The maximum Gasteiger partial charge on any atom is -0.00547 e. The monoisotopic (exact) mass is 444 g/mol. The molecule has 0 aliphatic rings. The van der Waals surface area contributed by atoms with Crippen molar-refractivity contribution in [3.63, 3.8) is 0 Å². The molecule has 2 aromatic carbocycles. The van der Waals surface area contributed by atoms with Crippen LogP contribution in [0.4, 0.5) is 0 Å². The summed E-state index contributed by atoms with van der Waals surface area (Å²) < 4.78 is 0. The van der Waals surface area contributed by atoms with Crippen molar-refractivity contribution in [3.8, 4) is 0 Å². The molecule has 30 heavy (non-hydrogen) atoms. The molecule has 0 spiro atoms. The van der Waals surface area contributed by atoms with Crippen molar-refractivity contribution in [1.82, 2.24) is 0 Å². The Morgan fingerprint density at radius 3 is 1.43 bits per heavy atom. The van der Waals surface area contributed by atoms with Crippen LogP contribution in [-0.2, 0) is 12.3 Å². The van der Waals surface area contributed by atoms with Crippen molar-refractivity contribution in [2.24, 2.45) is 0 Å². The highest BCUT2D eigenvalue weighted by molar-refractivity contribution is 7.60. The summed E-state index contributed by atoms with van der Waals surface area (Å²) in [7, 11) is -0.347. The highest BCUT2D eigenvalue weighted by Gasteiger charge is 2.37. The third kappa shape index (κ3) is 6.30. The Kier molecular flexibility index (Phi) is 7.60. The number of benzene rings is 2. The van der Waals surface area contributed by atoms with Gasteiger partial charge in [-0.05, 0) is 54.8 Å². The summed E-state index contributed by atoms with van der Waals surface area (Å²) in [6, 6.07) is 13.9. The van der Waals surface area contributed by atoms with Crippen LogP contribution in [0.1, 0.15) is 94.2 Å². The molecule has 0 heterocycles. The van der Waals surface area contributed by atoms with Crippen molar-refractivity contribution >= 4 is 26.6 Å². The van der Waals surface area contributed by atoms with Crippen molar-refractivity contribution in [3.05, 3.63) is 47.5 Å². The Hall–Kier alpha value is -0.440. The fraction of sp³-hybridized carbons (Fsp3) is 0.643. The van der Waals surface area contributed by atoms with E-state index in [-0.39, 0.29) is 15.8 Å². The van der Waals surface area contributed by atoms with Crippen LogP contribution in [0.3, 0.4) is 0 Å². The van der Waals surface area contributed by atoms with Crippen LogP contribution in [0.2, 0.25) is 0 Å². The second-order valence-corrected chi connectivity index (χ2v) is 20.5. The number of hydrogen-bond acceptors (Lipinski definition) is 0. The van der Waals surface area contributed by atoms with Crippen molar-refractivity contribution in [2.75, 3.05) is 0 Å². The molecule has 0 unspecified atom stereocenters. The largest absolute Gasteiger partial charge is 0.0911 e. The molecule has 0 radical (unpaired) electrons. The highest BCUT2D eigenvalue weighted by Crippen LogP contribution is 2.64. The molecule has 0 saturated carbocycles. The third-order valence-corrected chi connectivity index (χ3v) is 13.8. The zero-order valence-electron chi connectivity index (χ0n) is 21.8. The van der Waals surface area contributed by atoms with Crippen LogP contribution in [0.15, 0.2) is 36.4 Å². The van der Waals surface area contributed by atoms with Gasteiger partial charge in [-0.2, -0.15) is 0 Å².